The topological polar surface area (TPSA) is 123 Å². The second-order valence-corrected chi connectivity index (χ2v) is 7.28. The third kappa shape index (κ3) is 4.83. The standard InChI is InChI=1S/C23H23N5O4/c1-2-3-4-5-13-31-16-11-9-15(10-12-16)23(30)24-18-8-6-7-17-19(29)14-20(32-21(17)18)22-25-27-28-26-22/h6-12,14H,2-5,13H2,1H3,(H,24,30)(H,25,26,27,28). The number of carbonyl (C=O) groups is 1. The van der Waals surface area contributed by atoms with Crippen molar-refractivity contribution in [2.24, 2.45) is 0 Å². The van der Waals surface area contributed by atoms with E-state index in [0.29, 0.717) is 23.2 Å². The third-order valence-electron chi connectivity index (χ3n) is 4.95. The Morgan fingerprint density at radius 1 is 1.12 bits per heavy atom. The van der Waals surface area contributed by atoms with Crippen LogP contribution in [0.2, 0.25) is 0 Å². The predicted octanol–water partition coefficient (Wildman–Crippen LogP) is 4.18. The zero-order chi connectivity index (χ0) is 22.3. The number of tetrazole rings is 1. The van der Waals surface area contributed by atoms with Gasteiger partial charge < -0.3 is 14.5 Å². The molecule has 0 aliphatic carbocycles. The Morgan fingerprint density at radius 3 is 2.72 bits per heavy atom. The smallest absolute Gasteiger partial charge is 0.255 e. The molecule has 32 heavy (non-hydrogen) atoms. The molecule has 2 aromatic heterocycles. The zero-order valence-corrected chi connectivity index (χ0v) is 17.6. The molecule has 2 heterocycles. The van der Waals surface area contributed by atoms with Gasteiger partial charge in [-0.2, -0.15) is 5.21 Å². The third-order valence-corrected chi connectivity index (χ3v) is 4.95. The van der Waals surface area contributed by atoms with Crippen LogP contribution < -0.4 is 15.5 Å². The fraction of sp³-hybridized carbons (Fsp3) is 0.261. The van der Waals surface area contributed by atoms with E-state index in [-0.39, 0.29) is 28.5 Å². The number of unbranched alkanes of at least 4 members (excludes halogenated alkanes) is 3. The Bertz CT molecular complexity index is 1250. The van der Waals surface area contributed by atoms with Crippen LogP contribution in [0.4, 0.5) is 5.69 Å². The molecule has 1 amide bonds. The van der Waals surface area contributed by atoms with Gasteiger partial charge in [-0.3, -0.25) is 9.59 Å². The van der Waals surface area contributed by atoms with Crippen molar-refractivity contribution in [1.82, 2.24) is 20.6 Å². The van der Waals surface area contributed by atoms with Crippen LogP contribution in [0.3, 0.4) is 0 Å². The molecule has 0 spiro atoms. The second kappa shape index (κ2) is 9.86. The molecule has 0 bridgehead atoms. The largest absolute Gasteiger partial charge is 0.494 e. The van der Waals surface area contributed by atoms with Gasteiger partial charge in [0.25, 0.3) is 5.91 Å². The summed E-state index contributed by atoms with van der Waals surface area (Å²) in [6.45, 7) is 2.83. The Kier molecular flexibility index (Phi) is 6.54. The molecule has 0 saturated carbocycles. The molecule has 0 atom stereocenters. The normalized spacial score (nSPS) is 10.9. The van der Waals surface area contributed by atoms with Crippen LogP contribution in [-0.4, -0.2) is 33.1 Å². The van der Waals surface area contributed by atoms with Gasteiger partial charge in [0.15, 0.2) is 16.8 Å². The Balaban J connectivity index is 1.50. The molecule has 2 aromatic carbocycles. The minimum Gasteiger partial charge on any atom is -0.494 e. The van der Waals surface area contributed by atoms with Gasteiger partial charge in [-0.25, -0.2) is 0 Å². The molecular weight excluding hydrogens is 410 g/mol. The highest BCUT2D eigenvalue weighted by Gasteiger charge is 2.15. The lowest BCUT2D eigenvalue weighted by Gasteiger charge is -2.10. The molecular formula is C23H23N5O4. The number of hydrogen-bond acceptors (Lipinski definition) is 7. The molecule has 0 radical (unpaired) electrons. The van der Waals surface area contributed by atoms with E-state index in [1.54, 1.807) is 42.5 Å². The molecule has 9 heteroatoms. The van der Waals surface area contributed by atoms with Gasteiger partial charge in [0.05, 0.1) is 17.7 Å². The van der Waals surface area contributed by atoms with Crippen LogP contribution in [0.5, 0.6) is 5.75 Å². The van der Waals surface area contributed by atoms with Crippen LogP contribution in [-0.2, 0) is 0 Å². The molecule has 0 aliphatic rings. The highest BCUT2D eigenvalue weighted by molar-refractivity contribution is 6.08. The van der Waals surface area contributed by atoms with Gasteiger partial charge in [-0.05, 0) is 48.0 Å². The van der Waals surface area contributed by atoms with E-state index in [9.17, 15) is 9.59 Å². The number of anilines is 1. The SMILES string of the molecule is CCCCCCOc1ccc(C(=O)Nc2cccc3c(=O)cc(-c4nn[nH]n4)oc23)cc1. The summed E-state index contributed by atoms with van der Waals surface area (Å²) < 4.78 is 11.6. The first-order valence-electron chi connectivity index (χ1n) is 10.5. The lowest BCUT2D eigenvalue weighted by atomic mass is 10.1. The van der Waals surface area contributed by atoms with Gasteiger partial charge in [-0.1, -0.05) is 32.3 Å². The van der Waals surface area contributed by atoms with E-state index in [1.807, 2.05) is 0 Å². The summed E-state index contributed by atoms with van der Waals surface area (Å²) in [5.74, 6) is 0.687. The monoisotopic (exact) mass is 433 g/mol. The first-order valence-corrected chi connectivity index (χ1v) is 10.5. The van der Waals surface area contributed by atoms with Crippen LogP contribution in [0.25, 0.3) is 22.6 Å². The maximum atomic E-state index is 12.8. The highest BCUT2D eigenvalue weighted by Crippen LogP contribution is 2.26. The molecule has 4 aromatic rings. The molecule has 2 N–H and O–H groups in total. The van der Waals surface area contributed by atoms with E-state index >= 15 is 0 Å². The van der Waals surface area contributed by atoms with Gasteiger partial charge in [-0.15, -0.1) is 10.2 Å². The number of aromatic nitrogens is 4. The summed E-state index contributed by atoms with van der Waals surface area (Å²) in [6, 6.07) is 13.2. The summed E-state index contributed by atoms with van der Waals surface area (Å²) in [5.41, 5.74) is 0.783. The number of nitrogens with zero attached hydrogens (tertiary/aromatic N) is 3. The number of benzene rings is 2. The quantitative estimate of drug-likeness (QED) is 0.379. The summed E-state index contributed by atoms with van der Waals surface area (Å²) in [7, 11) is 0. The first kappa shape index (κ1) is 21.2. The Labute approximate surface area is 183 Å². The number of ether oxygens (including phenoxy) is 1. The Morgan fingerprint density at radius 2 is 1.97 bits per heavy atom. The maximum absolute atomic E-state index is 12.8. The lowest BCUT2D eigenvalue weighted by molar-refractivity contribution is 0.102. The number of amides is 1. The van der Waals surface area contributed by atoms with Gasteiger partial charge >= 0.3 is 0 Å². The van der Waals surface area contributed by atoms with Crippen molar-refractivity contribution in [2.45, 2.75) is 32.6 Å². The van der Waals surface area contributed by atoms with E-state index < -0.39 is 0 Å². The summed E-state index contributed by atoms with van der Waals surface area (Å²) in [5, 5.41) is 16.6. The van der Waals surface area contributed by atoms with Crippen molar-refractivity contribution < 1.29 is 13.9 Å². The van der Waals surface area contributed by atoms with Crippen molar-refractivity contribution in [3.63, 3.8) is 0 Å². The molecule has 9 nitrogen and oxygen atoms in total. The highest BCUT2D eigenvalue weighted by atomic mass is 16.5. The summed E-state index contributed by atoms with van der Waals surface area (Å²) in [4.78, 5) is 25.3. The average Bonchev–Trinajstić information content (AvgIpc) is 3.35. The van der Waals surface area contributed by atoms with Crippen molar-refractivity contribution >= 4 is 22.6 Å². The number of para-hydroxylation sites is 1. The number of fused-ring (bicyclic) bond motifs is 1. The number of aromatic amines is 1. The van der Waals surface area contributed by atoms with Gasteiger partial charge in [0.1, 0.15) is 5.75 Å². The molecule has 4 rings (SSSR count). The fourth-order valence-corrected chi connectivity index (χ4v) is 3.27. The van der Waals surface area contributed by atoms with Crippen molar-refractivity contribution in [3.8, 4) is 17.3 Å². The fourth-order valence-electron chi connectivity index (χ4n) is 3.27. The molecule has 0 saturated heterocycles. The van der Waals surface area contributed by atoms with E-state index in [2.05, 4.69) is 32.9 Å². The lowest BCUT2D eigenvalue weighted by Crippen LogP contribution is -2.13. The van der Waals surface area contributed by atoms with E-state index in [1.165, 1.54) is 18.9 Å². The van der Waals surface area contributed by atoms with Crippen molar-refractivity contribution in [1.29, 1.82) is 0 Å². The summed E-state index contributed by atoms with van der Waals surface area (Å²) >= 11 is 0. The minimum atomic E-state index is -0.334. The van der Waals surface area contributed by atoms with E-state index in [0.717, 1.165) is 18.6 Å². The van der Waals surface area contributed by atoms with Crippen molar-refractivity contribution in [3.05, 3.63) is 64.3 Å². The number of rotatable bonds is 9. The molecule has 0 fully saturated rings. The van der Waals surface area contributed by atoms with Crippen LogP contribution in [0, 0.1) is 0 Å². The second-order valence-electron chi connectivity index (χ2n) is 7.28. The first-order chi connectivity index (χ1) is 15.7. The number of carbonyl (C=O) groups excluding carboxylic acids is 1. The number of hydrogen-bond donors (Lipinski definition) is 2. The minimum absolute atomic E-state index is 0.149. The Hall–Kier alpha value is -4.01. The molecule has 164 valence electrons. The number of H-pyrrole nitrogens is 1. The molecule has 0 unspecified atom stereocenters. The number of nitrogens with one attached hydrogen (secondary N) is 2. The van der Waals surface area contributed by atoms with E-state index in [4.69, 9.17) is 9.15 Å². The van der Waals surface area contributed by atoms with Gasteiger partial charge in [0.2, 0.25) is 5.82 Å². The van der Waals surface area contributed by atoms with Gasteiger partial charge in [0, 0.05) is 11.6 Å². The van der Waals surface area contributed by atoms with Crippen molar-refractivity contribution in [2.75, 3.05) is 11.9 Å². The average molecular weight is 433 g/mol. The van der Waals surface area contributed by atoms with Crippen LogP contribution in [0.1, 0.15) is 43.0 Å². The van der Waals surface area contributed by atoms with Crippen LogP contribution in [0.15, 0.2) is 57.7 Å². The maximum Gasteiger partial charge on any atom is 0.255 e. The zero-order valence-electron chi connectivity index (χ0n) is 17.6. The van der Waals surface area contributed by atoms with Crippen LogP contribution >= 0.6 is 0 Å². The predicted molar refractivity (Wildman–Crippen MR) is 120 cm³/mol. The summed E-state index contributed by atoms with van der Waals surface area (Å²) in [6.07, 6.45) is 4.54. The molecule has 0 aliphatic heterocycles.